The fourth-order valence-electron chi connectivity index (χ4n) is 1.37. The van der Waals surface area contributed by atoms with E-state index in [9.17, 15) is 0 Å². The quantitative estimate of drug-likeness (QED) is 0.713. The third-order valence-corrected chi connectivity index (χ3v) is 2.24. The van der Waals surface area contributed by atoms with E-state index < -0.39 is 0 Å². The molecule has 1 aromatic carbocycles. The van der Waals surface area contributed by atoms with Crippen LogP contribution in [-0.2, 0) is 11.3 Å². The van der Waals surface area contributed by atoms with Gasteiger partial charge in [0.2, 0.25) is 0 Å². The van der Waals surface area contributed by atoms with Crippen molar-refractivity contribution in [3.8, 4) is 0 Å². The standard InChI is InChI=1S/C10H12O2/c11-5-8-2-1-3-9(4-8)10-6-12-7-10/h1-4,10-11H,5-7H2. The molecule has 0 spiro atoms. The van der Waals surface area contributed by atoms with Crippen LogP contribution in [0.2, 0.25) is 0 Å². The highest BCUT2D eigenvalue weighted by atomic mass is 16.5. The lowest BCUT2D eigenvalue weighted by molar-refractivity contribution is 0.00836. The van der Waals surface area contributed by atoms with Crippen molar-refractivity contribution in [1.29, 1.82) is 0 Å². The predicted molar refractivity (Wildman–Crippen MR) is 45.9 cm³/mol. The average Bonchev–Trinajstić information content (AvgIpc) is 2.02. The number of aliphatic hydroxyl groups is 1. The number of rotatable bonds is 2. The molecule has 1 saturated heterocycles. The van der Waals surface area contributed by atoms with Crippen molar-refractivity contribution in [2.45, 2.75) is 12.5 Å². The Morgan fingerprint density at radius 3 is 2.83 bits per heavy atom. The Kier molecular flexibility index (Phi) is 2.11. The Hall–Kier alpha value is -0.860. The van der Waals surface area contributed by atoms with Crippen LogP contribution in [0.1, 0.15) is 17.0 Å². The van der Waals surface area contributed by atoms with Gasteiger partial charge in [0.1, 0.15) is 0 Å². The summed E-state index contributed by atoms with van der Waals surface area (Å²) in [6.45, 7) is 1.78. The van der Waals surface area contributed by atoms with E-state index in [0.717, 1.165) is 18.8 Å². The van der Waals surface area contributed by atoms with Crippen LogP contribution in [0.4, 0.5) is 0 Å². The number of aliphatic hydroxyl groups excluding tert-OH is 1. The van der Waals surface area contributed by atoms with Crippen molar-refractivity contribution in [3.63, 3.8) is 0 Å². The molecule has 0 aromatic heterocycles. The van der Waals surface area contributed by atoms with E-state index in [1.54, 1.807) is 0 Å². The second-order valence-corrected chi connectivity index (χ2v) is 3.14. The topological polar surface area (TPSA) is 29.5 Å². The first-order chi connectivity index (χ1) is 5.90. The van der Waals surface area contributed by atoms with Crippen LogP contribution in [0, 0.1) is 0 Å². The Bertz CT molecular complexity index is 266. The molecule has 1 aliphatic heterocycles. The summed E-state index contributed by atoms with van der Waals surface area (Å²) in [5.74, 6) is 0.552. The Balaban J connectivity index is 2.19. The highest BCUT2D eigenvalue weighted by Gasteiger charge is 2.20. The lowest BCUT2D eigenvalue weighted by Crippen LogP contribution is -2.25. The van der Waals surface area contributed by atoms with Crippen molar-refractivity contribution in [2.24, 2.45) is 0 Å². The van der Waals surface area contributed by atoms with Crippen LogP contribution in [-0.4, -0.2) is 18.3 Å². The molecule has 0 saturated carbocycles. The minimum Gasteiger partial charge on any atom is -0.392 e. The van der Waals surface area contributed by atoms with Gasteiger partial charge in [-0.3, -0.25) is 0 Å². The highest BCUT2D eigenvalue weighted by molar-refractivity contribution is 5.27. The van der Waals surface area contributed by atoms with E-state index >= 15 is 0 Å². The molecule has 1 aliphatic rings. The van der Waals surface area contributed by atoms with E-state index in [1.807, 2.05) is 18.2 Å². The monoisotopic (exact) mass is 164 g/mol. The van der Waals surface area contributed by atoms with Crippen LogP contribution in [0.5, 0.6) is 0 Å². The summed E-state index contributed by atoms with van der Waals surface area (Å²) < 4.78 is 5.10. The molecule has 2 heteroatoms. The fourth-order valence-corrected chi connectivity index (χ4v) is 1.37. The summed E-state index contributed by atoms with van der Waals surface area (Å²) in [7, 11) is 0. The molecule has 1 heterocycles. The number of benzene rings is 1. The van der Waals surface area contributed by atoms with Gasteiger partial charge in [0.25, 0.3) is 0 Å². The van der Waals surface area contributed by atoms with Crippen LogP contribution < -0.4 is 0 Å². The lowest BCUT2D eigenvalue weighted by Gasteiger charge is -2.26. The third kappa shape index (κ3) is 1.36. The minimum atomic E-state index is 0.126. The van der Waals surface area contributed by atoms with Gasteiger partial charge in [-0.1, -0.05) is 24.3 Å². The minimum absolute atomic E-state index is 0.126. The van der Waals surface area contributed by atoms with Gasteiger partial charge in [-0.2, -0.15) is 0 Å². The number of ether oxygens (including phenoxy) is 1. The molecular weight excluding hydrogens is 152 g/mol. The van der Waals surface area contributed by atoms with Gasteiger partial charge in [-0.15, -0.1) is 0 Å². The van der Waals surface area contributed by atoms with Gasteiger partial charge in [0.15, 0.2) is 0 Å². The molecule has 0 bridgehead atoms. The summed E-state index contributed by atoms with van der Waals surface area (Å²) in [5, 5.41) is 8.90. The molecule has 0 radical (unpaired) electrons. The summed E-state index contributed by atoms with van der Waals surface area (Å²) >= 11 is 0. The average molecular weight is 164 g/mol. The van der Waals surface area contributed by atoms with Crippen LogP contribution in [0.3, 0.4) is 0 Å². The van der Waals surface area contributed by atoms with Gasteiger partial charge < -0.3 is 9.84 Å². The van der Waals surface area contributed by atoms with Crippen molar-refractivity contribution >= 4 is 0 Å². The maximum Gasteiger partial charge on any atom is 0.0681 e. The Labute approximate surface area is 71.8 Å². The summed E-state index contributed by atoms with van der Waals surface area (Å²) in [6, 6.07) is 8.06. The Morgan fingerprint density at radius 1 is 1.42 bits per heavy atom. The normalized spacial score (nSPS) is 17.4. The molecule has 12 heavy (non-hydrogen) atoms. The summed E-state index contributed by atoms with van der Waals surface area (Å²) in [6.07, 6.45) is 0. The molecular formula is C10H12O2. The molecule has 1 aromatic rings. The SMILES string of the molecule is OCc1cccc(C2COC2)c1. The maximum absolute atomic E-state index is 8.90. The van der Waals surface area contributed by atoms with Crippen molar-refractivity contribution in [2.75, 3.05) is 13.2 Å². The van der Waals surface area contributed by atoms with Crippen LogP contribution in [0.15, 0.2) is 24.3 Å². The molecule has 2 nitrogen and oxygen atoms in total. The molecule has 64 valence electrons. The van der Waals surface area contributed by atoms with Gasteiger partial charge in [-0.25, -0.2) is 0 Å². The van der Waals surface area contributed by atoms with E-state index in [2.05, 4.69) is 6.07 Å². The molecule has 2 rings (SSSR count). The summed E-state index contributed by atoms with van der Waals surface area (Å²) in [4.78, 5) is 0. The maximum atomic E-state index is 8.90. The predicted octanol–water partition coefficient (Wildman–Crippen LogP) is 1.29. The number of hydrogen-bond donors (Lipinski definition) is 1. The first kappa shape index (κ1) is 7.77. The summed E-state index contributed by atoms with van der Waals surface area (Å²) in [5.41, 5.74) is 2.27. The van der Waals surface area contributed by atoms with Crippen LogP contribution >= 0.6 is 0 Å². The fraction of sp³-hybridized carbons (Fsp3) is 0.400. The van der Waals surface area contributed by atoms with Crippen molar-refractivity contribution in [1.82, 2.24) is 0 Å². The first-order valence-electron chi connectivity index (χ1n) is 4.17. The van der Waals surface area contributed by atoms with Crippen LogP contribution in [0.25, 0.3) is 0 Å². The first-order valence-corrected chi connectivity index (χ1v) is 4.17. The van der Waals surface area contributed by atoms with E-state index in [1.165, 1.54) is 5.56 Å². The molecule has 0 aliphatic carbocycles. The van der Waals surface area contributed by atoms with Gasteiger partial charge in [0.05, 0.1) is 19.8 Å². The zero-order valence-electron chi connectivity index (χ0n) is 6.86. The van der Waals surface area contributed by atoms with Crippen molar-refractivity contribution < 1.29 is 9.84 Å². The lowest BCUT2D eigenvalue weighted by atomic mass is 9.96. The zero-order valence-corrected chi connectivity index (χ0v) is 6.86. The highest BCUT2D eigenvalue weighted by Crippen LogP contribution is 2.24. The van der Waals surface area contributed by atoms with Gasteiger partial charge >= 0.3 is 0 Å². The second-order valence-electron chi connectivity index (χ2n) is 3.14. The zero-order chi connectivity index (χ0) is 8.39. The second kappa shape index (κ2) is 3.25. The molecule has 0 amide bonds. The molecule has 0 unspecified atom stereocenters. The van der Waals surface area contributed by atoms with E-state index in [0.29, 0.717) is 5.92 Å². The smallest absolute Gasteiger partial charge is 0.0681 e. The molecule has 0 atom stereocenters. The van der Waals surface area contributed by atoms with E-state index in [-0.39, 0.29) is 6.61 Å². The molecule has 1 N–H and O–H groups in total. The van der Waals surface area contributed by atoms with E-state index in [4.69, 9.17) is 9.84 Å². The van der Waals surface area contributed by atoms with Gasteiger partial charge in [-0.05, 0) is 11.1 Å². The van der Waals surface area contributed by atoms with Crippen molar-refractivity contribution in [3.05, 3.63) is 35.4 Å². The number of hydrogen-bond acceptors (Lipinski definition) is 2. The third-order valence-electron chi connectivity index (χ3n) is 2.24. The largest absolute Gasteiger partial charge is 0.392 e. The molecule has 1 fully saturated rings. The Morgan fingerprint density at radius 2 is 2.25 bits per heavy atom. The van der Waals surface area contributed by atoms with Gasteiger partial charge in [0, 0.05) is 5.92 Å².